The van der Waals surface area contributed by atoms with Crippen molar-refractivity contribution in [1.82, 2.24) is 0 Å². The minimum Gasteiger partial charge on any atom is -0.462 e. The predicted molar refractivity (Wildman–Crippen MR) is 151 cm³/mol. The van der Waals surface area contributed by atoms with Crippen molar-refractivity contribution in [2.75, 3.05) is 49.4 Å². The van der Waals surface area contributed by atoms with E-state index in [1.54, 1.807) is 13.8 Å². The van der Waals surface area contributed by atoms with Crippen LogP contribution in [-0.2, 0) is 64.1 Å². The lowest BCUT2D eigenvalue weighted by Gasteiger charge is -2.13. The fourth-order valence-electron chi connectivity index (χ4n) is 3.57. The largest absolute Gasteiger partial charge is 0.462 e. The van der Waals surface area contributed by atoms with Gasteiger partial charge in [0.1, 0.15) is 10.0 Å². The van der Waals surface area contributed by atoms with Crippen molar-refractivity contribution in [1.29, 1.82) is 0 Å². The highest BCUT2D eigenvalue weighted by Gasteiger charge is 2.28. The number of nitrogens with one attached hydrogen (secondary N) is 1. The Labute approximate surface area is 240 Å². The number of nitrogen functional groups attached to an aromatic ring is 1. The molecule has 2 aliphatic rings. The summed E-state index contributed by atoms with van der Waals surface area (Å²) in [4.78, 5) is 25.6. The number of hydrogen-bond donors (Lipinski definition) is 2. The van der Waals surface area contributed by atoms with E-state index in [1.165, 1.54) is 22.7 Å². The molecule has 0 spiro atoms. The van der Waals surface area contributed by atoms with E-state index in [2.05, 4.69) is 15.4 Å². The molecule has 0 aliphatic carbocycles. The number of esters is 2. The molecule has 12 nitrogen and oxygen atoms in total. The van der Waals surface area contributed by atoms with Gasteiger partial charge >= 0.3 is 11.9 Å². The van der Waals surface area contributed by atoms with Crippen LogP contribution in [0.1, 0.15) is 55.4 Å². The minimum atomic E-state index is -3.44. The third-order valence-electron chi connectivity index (χ3n) is 4.90. The van der Waals surface area contributed by atoms with Gasteiger partial charge in [-0.3, -0.25) is 4.72 Å². The zero-order valence-electron chi connectivity index (χ0n) is 21.8. The Hall–Kier alpha value is -1.95. The number of thiophene rings is 2. The molecule has 0 amide bonds. The summed E-state index contributed by atoms with van der Waals surface area (Å²) in [6, 6.07) is 0. The van der Waals surface area contributed by atoms with Crippen LogP contribution in [0, 0.1) is 0 Å². The molecule has 4 heterocycles. The van der Waals surface area contributed by atoms with Crippen molar-refractivity contribution in [2.45, 2.75) is 39.9 Å². The summed E-state index contributed by atoms with van der Waals surface area (Å²) in [6.07, 6.45) is 3.31. The van der Waals surface area contributed by atoms with Crippen LogP contribution in [0.25, 0.3) is 0 Å². The third kappa shape index (κ3) is 10.5. The Morgan fingerprint density at radius 2 is 1.33 bits per heavy atom. The second kappa shape index (κ2) is 14.6. The SMILES string of the molecule is CCOC(=O)c1c(N)sc2c1CCOC2.CCOC(=O)c1c(NS(C)(=O)=O)sc2c1CCOC2.CS(=O)(=O)Cl. The fraction of sp³-hybridized carbons (Fsp3) is 0.545. The smallest absolute Gasteiger partial charge is 0.341 e. The molecule has 3 N–H and O–H groups in total. The van der Waals surface area contributed by atoms with Gasteiger partial charge in [0.15, 0.2) is 0 Å². The second-order valence-corrected chi connectivity index (χ2v) is 15.1. The molecule has 4 rings (SSSR count). The number of halogens is 1. The van der Waals surface area contributed by atoms with Gasteiger partial charge in [-0.05, 0) is 37.8 Å². The standard InChI is InChI=1S/C11H15NO5S2.C10H13NO3S.CH3ClO2S/c1-3-17-11(13)9-7-4-5-16-6-8(7)18-10(9)12-19(2,14)15;1-2-14-10(12)8-6-3-4-13-5-7(6)15-9(8)11;1-5(2,3)4/h12H,3-6H2,1-2H3;2-5,11H2,1H3;1H3. The number of sulfonamides is 1. The minimum absolute atomic E-state index is 0.248. The lowest BCUT2D eigenvalue weighted by atomic mass is 10.1. The van der Waals surface area contributed by atoms with Crippen molar-refractivity contribution in [3.63, 3.8) is 0 Å². The zero-order valence-corrected chi connectivity index (χ0v) is 25.8. The summed E-state index contributed by atoms with van der Waals surface area (Å²) in [5, 5.41) is 0.861. The number of nitrogens with two attached hydrogens (primary N) is 1. The van der Waals surface area contributed by atoms with Crippen molar-refractivity contribution < 1.29 is 45.4 Å². The van der Waals surface area contributed by atoms with Gasteiger partial charge in [0.05, 0.1) is 63.3 Å². The molecule has 0 saturated carbocycles. The van der Waals surface area contributed by atoms with Crippen LogP contribution in [0.2, 0.25) is 0 Å². The molecule has 0 aromatic carbocycles. The normalized spacial score (nSPS) is 14.4. The Balaban J connectivity index is 0.000000238. The summed E-state index contributed by atoms with van der Waals surface area (Å²) in [7, 11) is -2.13. The third-order valence-corrected chi connectivity index (χ3v) is 7.76. The monoisotopic (exact) mass is 646 g/mol. The van der Waals surface area contributed by atoms with Gasteiger partial charge in [-0.25, -0.2) is 26.4 Å². The first-order valence-corrected chi connectivity index (χ1v) is 17.8. The first-order chi connectivity index (χ1) is 18.2. The number of rotatable bonds is 6. The van der Waals surface area contributed by atoms with Crippen LogP contribution < -0.4 is 10.5 Å². The van der Waals surface area contributed by atoms with Crippen LogP contribution in [0.5, 0.6) is 0 Å². The highest BCUT2D eigenvalue weighted by Crippen LogP contribution is 2.37. The maximum Gasteiger partial charge on any atom is 0.341 e. The number of hydrogen-bond acceptors (Lipinski definition) is 13. The molecule has 0 saturated heterocycles. The zero-order chi connectivity index (χ0) is 29.4. The van der Waals surface area contributed by atoms with E-state index in [0.717, 1.165) is 39.8 Å². The maximum atomic E-state index is 12.0. The van der Waals surface area contributed by atoms with Crippen LogP contribution in [-0.4, -0.2) is 67.7 Å². The van der Waals surface area contributed by atoms with Gasteiger partial charge in [0.25, 0.3) is 0 Å². The molecular formula is C22H31ClN2O10S4. The average Bonchev–Trinajstić information content (AvgIpc) is 3.33. The van der Waals surface area contributed by atoms with Gasteiger partial charge in [-0.2, -0.15) is 0 Å². The van der Waals surface area contributed by atoms with Gasteiger partial charge in [-0.1, -0.05) is 0 Å². The van der Waals surface area contributed by atoms with Crippen LogP contribution in [0.15, 0.2) is 0 Å². The topological polar surface area (TPSA) is 177 Å². The predicted octanol–water partition coefficient (Wildman–Crippen LogP) is 3.13. The Kier molecular flexibility index (Phi) is 12.5. The fourth-order valence-corrected chi connectivity index (χ4v) is 6.70. The average molecular weight is 647 g/mol. The van der Waals surface area contributed by atoms with Crippen molar-refractivity contribution in [2.24, 2.45) is 0 Å². The molecule has 220 valence electrons. The van der Waals surface area contributed by atoms with Crippen LogP contribution in [0.3, 0.4) is 0 Å². The number of fused-ring (bicyclic) bond motifs is 2. The summed E-state index contributed by atoms with van der Waals surface area (Å²) in [6.45, 7) is 6.25. The molecule has 39 heavy (non-hydrogen) atoms. The molecule has 0 bridgehead atoms. The van der Waals surface area contributed by atoms with Gasteiger partial charge in [0.2, 0.25) is 19.1 Å². The van der Waals surface area contributed by atoms with E-state index >= 15 is 0 Å². The number of ether oxygens (including phenoxy) is 4. The highest BCUT2D eigenvalue weighted by molar-refractivity contribution is 8.13. The van der Waals surface area contributed by atoms with E-state index < -0.39 is 25.0 Å². The molecule has 17 heteroatoms. The lowest BCUT2D eigenvalue weighted by molar-refractivity contribution is 0.0513. The molecule has 2 aliphatic heterocycles. The molecule has 0 radical (unpaired) electrons. The molecule has 2 aromatic heterocycles. The lowest BCUT2D eigenvalue weighted by Crippen LogP contribution is -2.16. The van der Waals surface area contributed by atoms with E-state index in [0.29, 0.717) is 60.6 Å². The van der Waals surface area contributed by atoms with Gasteiger partial charge < -0.3 is 24.7 Å². The van der Waals surface area contributed by atoms with Crippen LogP contribution in [0.4, 0.5) is 10.0 Å². The summed E-state index contributed by atoms with van der Waals surface area (Å²) in [5.74, 6) is -0.803. The Morgan fingerprint density at radius 3 is 1.79 bits per heavy atom. The van der Waals surface area contributed by atoms with Crippen molar-refractivity contribution in [3.05, 3.63) is 32.0 Å². The van der Waals surface area contributed by atoms with Gasteiger partial charge in [0, 0.05) is 20.4 Å². The first-order valence-electron chi connectivity index (χ1n) is 11.6. The summed E-state index contributed by atoms with van der Waals surface area (Å²) < 4.78 is 64.5. The maximum absolute atomic E-state index is 12.0. The molecule has 0 unspecified atom stereocenters. The van der Waals surface area contributed by atoms with E-state index in [9.17, 15) is 26.4 Å². The first kappa shape index (κ1) is 33.3. The van der Waals surface area contributed by atoms with E-state index in [4.69, 9.17) is 24.7 Å². The Bertz CT molecular complexity index is 1380. The number of carbonyl (C=O) groups excluding carboxylic acids is 2. The van der Waals surface area contributed by atoms with E-state index in [1.807, 2.05) is 0 Å². The number of anilines is 2. The Morgan fingerprint density at radius 1 is 0.897 bits per heavy atom. The molecule has 0 atom stereocenters. The van der Waals surface area contributed by atoms with Crippen molar-refractivity contribution in [3.8, 4) is 0 Å². The molecule has 2 aromatic rings. The summed E-state index contributed by atoms with van der Waals surface area (Å²) in [5.41, 5.74) is 8.55. The highest BCUT2D eigenvalue weighted by atomic mass is 35.7. The number of carbonyl (C=O) groups is 2. The molecule has 0 fully saturated rings. The van der Waals surface area contributed by atoms with E-state index in [-0.39, 0.29) is 12.6 Å². The molecular weight excluding hydrogens is 616 g/mol. The summed E-state index contributed by atoms with van der Waals surface area (Å²) >= 11 is 2.65. The van der Waals surface area contributed by atoms with Gasteiger partial charge in [-0.15, -0.1) is 22.7 Å². The second-order valence-electron chi connectivity index (χ2n) is 8.05. The van der Waals surface area contributed by atoms with Crippen molar-refractivity contribution >= 4 is 74.4 Å². The van der Waals surface area contributed by atoms with Crippen LogP contribution >= 0.6 is 33.4 Å². The quantitative estimate of drug-likeness (QED) is 0.348.